The van der Waals surface area contributed by atoms with Gasteiger partial charge in [0.05, 0.1) is 0 Å². The Morgan fingerprint density at radius 1 is 0.323 bits per heavy atom. The molecule has 0 radical (unpaired) electrons. The predicted octanol–water partition coefficient (Wildman–Crippen LogP) is 18.1. The van der Waals surface area contributed by atoms with E-state index in [-0.39, 0.29) is 31.1 Å². The molecule has 0 aliphatic rings. The van der Waals surface area contributed by atoms with E-state index in [2.05, 4.69) is 34.6 Å². The SMILES string of the molecule is CCCCCCCCCCCCCCC(=O)OC[C@H](COC(=O)CCCCCCCCCCCCCCCCCCCCC(C)CC)OC(=O)CCCCCCCCC(C)CC. The molecule has 0 spiro atoms. The molecule has 0 bridgehead atoms. The Labute approximate surface area is 387 Å². The molecule has 0 aromatic heterocycles. The molecule has 0 aromatic carbocycles. The quantitative estimate of drug-likeness (QED) is 0.0344. The van der Waals surface area contributed by atoms with E-state index in [9.17, 15) is 14.4 Å². The monoisotopic (exact) mass is 877 g/mol. The molecule has 3 atom stereocenters. The molecule has 6 nitrogen and oxygen atoms in total. The fraction of sp³-hybridized carbons (Fsp3) is 0.946. The van der Waals surface area contributed by atoms with Gasteiger partial charge in [-0.05, 0) is 31.1 Å². The lowest BCUT2D eigenvalue weighted by atomic mass is 9.99. The molecule has 0 amide bonds. The van der Waals surface area contributed by atoms with Crippen LogP contribution in [-0.4, -0.2) is 37.2 Å². The van der Waals surface area contributed by atoms with Crippen LogP contribution in [0.4, 0.5) is 0 Å². The van der Waals surface area contributed by atoms with E-state index >= 15 is 0 Å². The van der Waals surface area contributed by atoms with E-state index in [1.807, 2.05) is 0 Å². The first kappa shape index (κ1) is 60.4. The summed E-state index contributed by atoms with van der Waals surface area (Å²) < 4.78 is 16.8. The average Bonchev–Trinajstić information content (AvgIpc) is 3.27. The molecule has 0 aromatic rings. The van der Waals surface area contributed by atoms with E-state index in [1.165, 1.54) is 199 Å². The van der Waals surface area contributed by atoms with E-state index in [4.69, 9.17) is 14.2 Å². The minimum atomic E-state index is -0.762. The summed E-state index contributed by atoms with van der Waals surface area (Å²) in [4.78, 5) is 38.0. The van der Waals surface area contributed by atoms with Crippen molar-refractivity contribution in [1.82, 2.24) is 0 Å². The first-order chi connectivity index (χ1) is 30.3. The van der Waals surface area contributed by atoms with Crippen LogP contribution in [0.5, 0.6) is 0 Å². The lowest BCUT2D eigenvalue weighted by Gasteiger charge is -2.18. The minimum Gasteiger partial charge on any atom is -0.462 e. The van der Waals surface area contributed by atoms with Crippen LogP contribution in [0.2, 0.25) is 0 Å². The van der Waals surface area contributed by atoms with E-state index in [0.717, 1.165) is 69.6 Å². The van der Waals surface area contributed by atoms with Gasteiger partial charge >= 0.3 is 17.9 Å². The van der Waals surface area contributed by atoms with Crippen LogP contribution < -0.4 is 0 Å². The van der Waals surface area contributed by atoms with E-state index in [1.54, 1.807) is 0 Å². The number of carbonyl (C=O) groups excluding carboxylic acids is 3. The zero-order valence-corrected chi connectivity index (χ0v) is 42.5. The molecule has 6 heteroatoms. The molecule has 2 unspecified atom stereocenters. The predicted molar refractivity (Wildman–Crippen MR) is 266 cm³/mol. The number of hydrogen-bond acceptors (Lipinski definition) is 6. The molecule has 0 heterocycles. The summed E-state index contributed by atoms with van der Waals surface area (Å²) in [5, 5.41) is 0. The summed E-state index contributed by atoms with van der Waals surface area (Å²) in [6.45, 7) is 11.4. The van der Waals surface area contributed by atoms with Gasteiger partial charge in [0.1, 0.15) is 13.2 Å². The summed E-state index contributed by atoms with van der Waals surface area (Å²) >= 11 is 0. The van der Waals surface area contributed by atoms with Crippen molar-refractivity contribution in [3.8, 4) is 0 Å². The Hall–Kier alpha value is -1.59. The highest BCUT2D eigenvalue weighted by Crippen LogP contribution is 2.19. The van der Waals surface area contributed by atoms with Crippen molar-refractivity contribution < 1.29 is 28.6 Å². The van der Waals surface area contributed by atoms with Gasteiger partial charge in [-0.3, -0.25) is 14.4 Å². The van der Waals surface area contributed by atoms with E-state index < -0.39 is 6.10 Å². The van der Waals surface area contributed by atoms with Crippen LogP contribution in [0.25, 0.3) is 0 Å². The fourth-order valence-electron chi connectivity index (χ4n) is 8.46. The number of ether oxygens (including phenoxy) is 3. The van der Waals surface area contributed by atoms with Crippen LogP contribution in [-0.2, 0) is 28.6 Å². The van der Waals surface area contributed by atoms with Crippen LogP contribution in [0.15, 0.2) is 0 Å². The van der Waals surface area contributed by atoms with Gasteiger partial charge < -0.3 is 14.2 Å². The van der Waals surface area contributed by atoms with Gasteiger partial charge in [-0.25, -0.2) is 0 Å². The normalized spacial score (nSPS) is 12.9. The Morgan fingerprint density at radius 3 is 0.839 bits per heavy atom. The highest BCUT2D eigenvalue weighted by molar-refractivity contribution is 5.71. The Morgan fingerprint density at radius 2 is 0.565 bits per heavy atom. The molecular formula is C56H108O6. The second-order valence-electron chi connectivity index (χ2n) is 19.7. The summed E-state index contributed by atoms with van der Waals surface area (Å²) in [6.07, 6.45) is 51.0. The van der Waals surface area contributed by atoms with Crippen LogP contribution in [0.3, 0.4) is 0 Å². The largest absolute Gasteiger partial charge is 0.462 e. The maximum Gasteiger partial charge on any atom is 0.306 e. The molecule has 0 fully saturated rings. The van der Waals surface area contributed by atoms with Gasteiger partial charge in [0, 0.05) is 19.3 Å². The molecular weight excluding hydrogens is 769 g/mol. The Kier molecular flexibility index (Phi) is 47.6. The third-order valence-corrected chi connectivity index (χ3v) is 13.4. The van der Waals surface area contributed by atoms with Gasteiger partial charge in [-0.1, -0.05) is 272 Å². The van der Waals surface area contributed by atoms with Crippen molar-refractivity contribution in [3.05, 3.63) is 0 Å². The topological polar surface area (TPSA) is 78.9 Å². The smallest absolute Gasteiger partial charge is 0.306 e. The van der Waals surface area contributed by atoms with Crippen molar-refractivity contribution in [2.24, 2.45) is 11.8 Å². The van der Waals surface area contributed by atoms with Crippen LogP contribution in [0, 0.1) is 11.8 Å². The standard InChI is InChI=1S/C56H108O6/c1-6-9-10-11-12-13-14-24-27-30-36-41-46-54(57)60-49-53(62-56(59)48-43-38-33-32-35-40-45-52(5)8-3)50-61-55(58)47-42-37-31-28-25-22-20-18-16-15-17-19-21-23-26-29-34-39-44-51(4)7-2/h51-53H,6-50H2,1-5H3/t51?,52?,53-/m1/s1. The Balaban J connectivity index is 4.17. The summed E-state index contributed by atoms with van der Waals surface area (Å²) in [5.74, 6) is 0.872. The third kappa shape index (κ3) is 46.4. The highest BCUT2D eigenvalue weighted by atomic mass is 16.6. The fourth-order valence-corrected chi connectivity index (χ4v) is 8.46. The second kappa shape index (κ2) is 48.9. The zero-order valence-electron chi connectivity index (χ0n) is 42.5. The number of hydrogen-bond donors (Lipinski definition) is 0. The molecule has 368 valence electrons. The molecule has 0 rings (SSSR count). The minimum absolute atomic E-state index is 0.0641. The molecule has 0 saturated carbocycles. The maximum atomic E-state index is 12.8. The summed E-state index contributed by atoms with van der Waals surface area (Å²) in [6, 6.07) is 0. The first-order valence-corrected chi connectivity index (χ1v) is 27.8. The molecule has 0 aliphatic heterocycles. The molecule has 0 saturated heterocycles. The van der Waals surface area contributed by atoms with Crippen LogP contribution >= 0.6 is 0 Å². The number of rotatable bonds is 50. The second-order valence-corrected chi connectivity index (χ2v) is 19.7. The van der Waals surface area contributed by atoms with Crippen molar-refractivity contribution in [2.75, 3.05) is 13.2 Å². The van der Waals surface area contributed by atoms with Crippen molar-refractivity contribution >= 4 is 17.9 Å². The third-order valence-electron chi connectivity index (χ3n) is 13.4. The zero-order chi connectivity index (χ0) is 45.4. The number of unbranched alkanes of at least 4 members (excludes halogenated alkanes) is 33. The van der Waals surface area contributed by atoms with Gasteiger partial charge in [0.15, 0.2) is 6.10 Å². The number of esters is 3. The number of carbonyl (C=O) groups is 3. The van der Waals surface area contributed by atoms with E-state index in [0.29, 0.717) is 19.3 Å². The molecule has 0 N–H and O–H groups in total. The molecule has 62 heavy (non-hydrogen) atoms. The van der Waals surface area contributed by atoms with Gasteiger partial charge in [0.25, 0.3) is 0 Å². The first-order valence-electron chi connectivity index (χ1n) is 27.8. The van der Waals surface area contributed by atoms with Gasteiger partial charge in [-0.2, -0.15) is 0 Å². The van der Waals surface area contributed by atoms with Gasteiger partial charge in [0.2, 0.25) is 0 Å². The lowest BCUT2D eigenvalue weighted by molar-refractivity contribution is -0.167. The van der Waals surface area contributed by atoms with Crippen molar-refractivity contribution in [2.45, 2.75) is 317 Å². The van der Waals surface area contributed by atoms with Crippen LogP contribution in [0.1, 0.15) is 311 Å². The Bertz CT molecular complexity index is 951. The summed E-state index contributed by atoms with van der Waals surface area (Å²) in [7, 11) is 0. The average molecular weight is 877 g/mol. The maximum absolute atomic E-state index is 12.8. The molecule has 0 aliphatic carbocycles. The van der Waals surface area contributed by atoms with Gasteiger partial charge in [-0.15, -0.1) is 0 Å². The lowest BCUT2D eigenvalue weighted by Crippen LogP contribution is -2.30. The highest BCUT2D eigenvalue weighted by Gasteiger charge is 2.19. The van der Waals surface area contributed by atoms with Crippen molar-refractivity contribution in [1.29, 1.82) is 0 Å². The summed E-state index contributed by atoms with van der Waals surface area (Å²) in [5.41, 5.74) is 0. The van der Waals surface area contributed by atoms with Crippen molar-refractivity contribution in [3.63, 3.8) is 0 Å².